The summed E-state index contributed by atoms with van der Waals surface area (Å²) in [5, 5.41) is 13.2. The number of aromatic amines is 1. The molecular formula is C17H15N5O2. The second-order valence-corrected chi connectivity index (χ2v) is 5.52. The van der Waals surface area contributed by atoms with E-state index in [0.29, 0.717) is 24.3 Å². The van der Waals surface area contributed by atoms with Crippen LogP contribution in [0.25, 0.3) is 10.9 Å². The number of aromatic nitrogens is 2. The Morgan fingerprint density at radius 1 is 1.21 bits per heavy atom. The summed E-state index contributed by atoms with van der Waals surface area (Å²) in [7, 11) is 0. The highest BCUT2D eigenvalue weighted by atomic mass is 16.2. The summed E-state index contributed by atoms with van der Waals surface area (Å²) in [4.78, 5) is 26.0. The van der Waals surface area contributed by atoms with Crippen LogP contribution in [-0.4, -0.2) is 35.2 Å². The molecule has 7 nitrogen and oxygen atoms in total. The van der Waals surface area contributed by atoms with E-state index in [-0.39, 0.29) is 11.9 Å². The molecule has 0 bridgehead atoms. The van der Waals surface area contributed by atoms with Crippen LogP contribution < -0.4 is 15.5 Å². The summed E-state index contributed by atoms with van der Waals surface area (Å²) >= 11 is 0. The Morgan fingerprint density at radius 2 is 2.08 bits per heavy atom. The minimum atomic E-state index is -0.218. The lowest BCUT2D eigenvalue weighted by Gasteiger charge is -2.15. The van der Waals surface area contributed by atoms with E-state index in [2.05, 4.69) is 20.8 Å². The number of urea groups is 1. The lowest BCUT2D eigenvalue weighted by Crippen LogP contribution is -2.27. The first-order chi connectivity index (χ1) is 11.7. The predicted molar refractivity (Wildman–Crippen MR) is 91.2 cm³/mol. The number of carbonyl (C=O) groups is 2. The van der Waals surface area contributed by atoms with E-state index in [1.165, 1.54) is 0 Å². The maximum atomic E-state index is 12.6. The van der Waals surface area contributed by atoms with Crippen molar-refractivity contribution in [3.8, 4) is 0 Å². The number of H-pyrrole nitrogens is 1. The minimum absolute atomic E-state index is 0.123. The van der Waals surface area contributed by atoms with Gasteiger partial charge in [0, 0.05) is 29.9 Å². The lowest BCUT2D eigenvalue weighted by molar-refractivity contribution is 0.102. The van der Waals surface area contributed by atoms with E-state index in [1.807, 2.05) is 18.2 Å². The first-order valence-electron chi connectivity index (χ1n) is 7.61. The zero-order chi connectivity index (χ0) is 16.5. The first kappa shape index (κ1) is 14.3. The van der Waals surface area contributed by atoms with E-state index in [4.69, 9.17) is 0 Å². The number of hydrogen-bond acceptors (Lipinski definition) is 3. The Kier molecular flexibility index (Phi) is 3.38. The van der Waals surface area contributed by atoms with E-state index < -0.39 is 0 Å². The molecule has 3 aromatic rings. The Bertz CT molecular complexity index is 933. The van der Waals surface area contributed by atoms with Crippen molar-refractivity contribution in [3.63, 3.8) is 0 Å². The molecule has 1 fully saturated rings. The first-order valence-corrected chi connectivity index (χ1v) is 7.61. The topological polar surface area (TPSA) is 90.1 Å². The molecule has 1 aromatic heterocycles. The maximum absolute atomic E-state index is 12.6. The molecule has 1 saturated heterocycles. The van der Waals surface area contributed by atoms with E-state index >= 15 is 0 Å². The fraction of sp³-hybridized carbons (Fsp3) is 0.118. The summed E-state index contributed by atoms with van der Waals surface area (Å²) in [6.07, 6.45) is 1.63. The van der Waals surface area contributed by atoms with Crippen molar-refractivity contribution in [3.05, 3.63) is 54.2 Å². The molecule has 0 unspecified atom stereocenters. The molecule has 1 aliphatic heterocycles. The third-order valence-corrected chi connectivity index (χ3v) is 4.00. The summed E-state index contributed by atoms with van der Waals surface area (Å²) in [6, 6.07) is 12.5. The Labute approximate surface area is 137 Å². The van der Waals surface area contributed by atoms with E-state index in [9.17, 15) is 9.59 Å². The number of anilines is 2. The number of fused-ring (bicyclic) bond motifs is 1. The van der Waals surface area contributed by atoms with Crippen molar-refractivity contribution < 1.29 is 9.59 Å². The number of nitrogens with one attached hydrogen (secondary N) is 3. The van der Waals surface area contributed by atoms with Crippen molar-refractivity contribution in [1.82, 2.24) is 15.5 Å². The van der Waals surface area contributed by atoms with Gasteiger partial charge in [0.2, 0.25) is 0 Å². The highest BCUT2D eigenvalue weighted by Gasteiger charge is 2.21. The SMILES string of the molecule is O=C(Nc1cccc(N2CCNC2=O)c1)c1cccc2[nH]ncc12. The van der Waals surface area contributed by atoms with Gasteiger partial charge in [-0.3, -0.25) is 14.8 Å². The third kappa shape index (κ3) is 2.45. The van der Waals surface area contributed by atoms with E-state index in [1.54, 1.807) is 35.4 Å². The van der Waals surface area contributed by atoms with E-state index in [0.717, 1.165) is 16.6 Å². The molecule has 3 amide bonds. The highest BCUT2D eigenvalue weighted by molar-refractivity contribution is 6.12. The number of carbonyl (C=O) groups excluding carboxylic acids is 2. The predicted octanol–water partition coefficient (Wildman–Crippen LogP) is 2.34. The van der Waals surface area contributed by atoms with Gasteiger partial charge in [-0.25, -0.2) is 4.79 Å². The number of amides is 3. The number of benzene rings is 2. The average molecular weight is 321 g/mol. The lowest BCUT2D eigenvalue weighted by atomic mass is 10.1. The number of hydrogen-bond donors (Lipinski definition) is 3. The zero-order valence-electron chi connectivity index (χ0n) is 12.7. The quantitative estimate of drug-likeness (QED) is 0.691. The van der Waals surface area contributed by atoms with Gasteiger partial charge in [-0.15, -0.1) is 0 Å². The molecule has 3 N–H and O–H groups in total. The van der Waals surface area contributed by atoms with Crippen LogP contribution in [0.15, 0.2) is 48.7 Å². The van der Waals surface area contributed by atoms with Crippen LogP contribution in [0.3, 0.4) is 0 Å². The normalized spacial score (nSPS) is 14.0. The summed E-state index contributed by atoms with van der Waals surface area (Å²) in [5.41, 5.74) is 2.75. The van der Waals surface area contributed by atoms with Crippen molar-refractivity contribution in [2.75, 3.05) is 23.3 Å². The molecule has 2 aromatic carbocycles. The van der Waals surface area contributed by atoms with Crippen LogP contribution in [0.2, 0.25) is 0 Å². The van der Waals surface area contributed by atoms with Gasteiger partial charge in [-0.1, -0.05) is 12.1 Å². The highest BCUT2D eigenvalue weighted by Crippen LogP contribution is 2.22. The molecule has 0 saturated carbocycles. The van der Waals surface area contributed by atoms with Crippen LogP contribution in [0.4, 0.5) is 16.2 Å². The average Bonchev–Trinajstić information content (AvgIpc) is 3.23. The zero-order valence-corrected chi connectivity index (χ0v) is 12.7. The number of nitrogens with zero attached hydrogens (tertiary/aromatic N) is 2. The third-order valence-electron chi connectivity index (χ3n) is 4.00. The molecule has 7 heteroatoms. The van der Waals surface area contributed by atoms with Gasteiger partial charge in [0.15, 0.2) is 0 Å². The van der Waals surface area contributed by atoms with Crippen LogP contribution >= 0.6 is 0 Å². The second kappa shape index (κ2) is 5.69. The van der Waals surface area contributed by atoms with Gasteiger partial charge in [-0.2, -0.15) is 5.10 Å². The molecule has 0 radical (unpaired) electrons. The van der Waals surface area contributed by atoms with Crippen molar-refractivity contribution in [1.29, 1.82) is 0 Å². The Morgan fingerprint density at radius 3 is 2.92 bits per heavy atom. The maximum Gasteiger partial charge on any atom is 0.321 e. The summed E-state index contributed by atoms with van der Waals surface area (Å²) < 4.78 is 0. The van der Waals surface area contributed by atoms with Crippen LogP contribution in [0, 0.1) is 0 Å². The van der Waals surface area contributed by atoms with Crippen molar-refractivity contribution >= 4 is 34.2 Å². The smallest absolute Gasteiger partial charge is 0.321 e. The standard InChI is InChI=1S/C17H15N5O2/c23-16(13-5-2-6-15-14(13)10-19-21-15)20-11-3-1-4-12(9-11)22-8-7-18-17(22)24/h1-6,9-10H,7-8H2,(H,18,24)(H,19,21)(H,20,23). The molecule has 0 spiro atoms. The van der Waals surface area contributed by atoms with Crippen molar-refractivity contribution in [2.45, 2.75) is 0 Å². The van der Waals surface area contributed by atoms with Gasteiger partial charge < -0.3 is 10.6 Å². The second-order valence-electron chi connectivity index (χ2n) is 5.52. The summed E-state index contributed by atoms with van der Waals surface area (Å²) in [6.45, 7) is 1.24. The van der Waals surface area contributed by atoms with Gasteiger partial charge >= 0.3 is 6.03 Å². The minimum Gasteiger partial charge on any atom is -0.336 e. The van der Waals surface area contributed by atoms with Crippen molar-refractivity contribution in [2.24, 2.45) is 0 Å². The van der Waals surface area contributed by atoms with Gasteiger partial charge in [-0.05, 0) is 30.3 Å². The monoisotopic (exact) mass is 321 g/mol. The Balaban J connectivity index is 1.60. The number of rotatable bonds is 3. The van der Waals surface area contributed by atoms with Gasteiger partial charge in [0.05, 0.1) is 17.3 Å². The van der Waals surface area contributed by atoms with Crippen LogP contribution in [0.5, 0.6) is 0 Å². The molecular weight excluding hydrogens is 306 g/mol. The molecule has 2 heterocycles. The molecule has 4 rings (SSSR count). The fourth-order valence-corrected chi connectivity index (χ4v) is 2.83. The fourth-order valence-electron chi connectivity index (χ4n) is 2.83. The largest absolute Gasteiger partial charge is 0.336 e. The molecule has 24 heavy (non-hydrogen) atoms. The van der Waals surface area contributed by atoms with Crippen LogP contribution in [0.1, 0.15) is 10.4 Å². The van der Waals surface area contributed by atoms with Crippen LogP contribution in [-0.2, 0) is 0 Å². The van der Waals surface area contributed by atoms with Gasteiger partial charge in [0.25, 0.3) is 5.91 Å². The Hall–Kier alpha value is -3.35. The molecule has 120 valence electrons. The molecule has 0 atom stereocenters. The van der Waals surface area contributed by atoms with Gasteiger partial charge in [0.1, 0.15) is 0 Å². The molecule has 0 aliphatic carbocycles. The summed E-state index contributed by atoms with van der Waals surface area (Å²) in [5.74, 6) is -0.218. The molecule has 1 aliphatic rings.